The number of hydrogen-bond acceptors (Lipinski definition) is 4. The lowest BCUT2D eigenvalue weighted by Crippen LogP contribution is -2.35. The Labute approximate surface area is 200 Å². The van der Waals surface area contributed by atoms with Gasteiger partial charge in [-0.1, -0.05) is 44.2 Å². The lowest BCUT2D eigenvalue weighted by atomic mass is 9.84. The quantitative estimate of drug-likeness (QED) is 0.561. The van der Waals surface area contributed by atoms with E-state index in [0.29, 0.717) is 30.9 Å². The van der Waals surface area contributed by atoms with E-state index in [1.54, 1.807) is 6.07 Å². The van der Waals surface area contributed by atoms with Gasteiger partial charge < -0.3 is 19.5 Å². The molecule has 1 atom stereocenters. The molecule has 178 valence electrons. The van der Waals surface area contributed by atoms with E-state index in [9.17, 15) is 9.59 Å². The number of para-hydroxylation sites is 1. The van der Waals surface area contributed by atoms with Crippen LogP contribution in [0.15, 0.2) is 59.0 Å². The minimum absolute atomic E-state index is 0.0708. The standard InChI is InChI=1S/C28H33N3O3/c1-28(2,19-30-13-5-6-14-30)22-9-11-23(12-10-22)31-18-20(15-26(31)32)17-29-27(33)25-16-21-7-3-4-8-24(21)34-25/h3-4,7-12,16,20H,5-6,13-15,17-19H2,1-2H3,(H,29,33). The Morgan fingerprint density at radius 2 is 1.82 bits per heavy atom. The first-order chi connectivity index (χ1) is 16.4. The molecule has 3 heterocycles. The molecule has 1 unspecified atom stereocenters. The molecular weight excluding hydrogens is 426 g/mol. The maximum atomic E-state index is 12.7. The van der Waals surface area contributed by atoms with Crippen LogP contribution in [0.5, 0.6) is 0 Å². The van der Waals surface area contributed by atoms with E-state index in [4.69, 9.17) is 4.42 Å². The van der Waals surface area contributed by atoms with Gasteiger partial charge >= 0.3 is 0 Å². The van der Waals surface area contributed by atoms with Gasteiger partial charge in [0.25, 0.3) is 5.91 Å². The monoisotopic (exact) mass is 459 g/mol. The smallest absolute Gasteiger partial charge is 0.287 e. The van der Waals surface area contributed by atoms with E-state index in [2.05, 4.69) is 48.3 Å². The molecule has 5 rings (SSSR count). The van der Waals surface area contributed by atoms with Crippen LogP contribution in [0.2, 0.25) is 0 Å². The number of fused-ring (bicyclic) bond motifs is 1. The average Bonchev–Trinajstić information content (AvgIpc) is 3.57. The summed E-state index contributed by atoms with van der Waals surface area (Å²) in [5.41, 5.74) is 2.99. The predicted molar refractivity (Wildman–Crippen MR) is 134 cm³/mol. The molecule has 6 nitrogen and oxygen atoms in total. The molecule has 2 amide bonds. The number of carbonyl (C=O) groups excluding carboxylic acids is 2. The van der Waals surface area contributed by atoms with Crippen molar-refractivity contribution < 1.29 is 14.0 Å². The van der Waals surface area contributed by atoms with Gasteiger partial charge in [0.1, 0.15) is 5.58 Å². The van der Waals surface area contributed by atoms with Gasteiger partial charge in [0, 0.05) is 48.5 Å². The molecular formula is C28H33N3O3. The highest BCUT2D eigenvalue weighted by Crippen LogP contribution is 2.30. The van der Waals surface area contributed by atoms with Crippen molar-refractivity contribution in [3.63, 3.8) is 0 Å². The van der Waals surface area contributed by atoms with Crippen LogP contribution in [0.4, 0.5) is 5.69 Å². The zero-order valence-corrected chi connectivity index (χ0v) is 20.0. The summed E-state index contributed by atoms with van der Waals surface area (Å²) in [6.07, 6.45) is 3.03. The molecule has 0 bridgehead atoms. The summed E-state index contributed by atoms with van der Waals surface area (Å²) in [4.78, 5) is 29.7. The first kappa shape index (κ1) is 22.7. The molecule has 3 aromatic rings. The second-order valence-corrected chi connectivity index (χ2v) is 10.3. The van der Waals surface area contributed by atoms with Gasteiger partial charge in [0.05, 0.1) is 0 Å². The molecule has 6 heteroatoms. The highest BCUT2D eigenvalue weighted by molar-refractivity contribution is 5.97. The Bertz CT molecular complexity index is 1140. The molecule has 2 fully saturated rings. The first-order valence-electron chi connectivity index (χ1n) is 12.3. The number of furan rings is 1. The summed E-state index contributed by atoms with van der Waals surface area (Å²) in [7, 11) is 0. The van der Waals surface area contributed by atoms with E-state index < -0.39 is 0 Å². The molecule has 2 aliphatic rings. The first-order valence-corrected chi connectivity index (χ1v) is 12.3. The normalized spacial score (nSPS) is 19.3. The van der Waals surface area contributed by atoms with Crippen molar-refractivity contribution in [3.8, 4) is 0 Å². The highest BCUT2D eigenvalue weighted by Gasteiger charge is 2.32. The molecule has 34 heavy (non-hydrogen) atoms. The summed E-state index contributed by atoms with van der Waals surface area (Å²) < 4.78 is 5.64. The maximum Gasteiger partial charge on any atom is 0.287 e. The third kappa shape index (κ3) is 4.73. The third-order valence-electron chi connectivity index (χ3n) is 7.18. The van der Waals surface area contributed by atoms with Gasteiger partial charge in [-0.25, -0.2) is 0 Å². The Kier molecular flexibility index (Phi) is 6.17. The molecule has 0 spiro atoms. The molecule has 1 N–H and O–H groups in total. The molecule has 0 radical (unpaired) electrons. The average molecular weight is 460 g/mol. The van der Waals surface area contributed by atoms with Crippen molar-refractivity contribution in [3.05, 3.63) is 65.9 Å². The fourth-order valence-electron chi connectivity index (χ4n) is 5.27. The van der Waals surface area contributed by atoms with Crippen molar-refractivity contribution in [1.82, 2.24) is 10.2 Å². The van der Waals surface area contributed by atoms with Gasteiger partial charge in [-0.3, -0.25) is 9.59 Å². The van der Waals surface area contributed by atoms with E-state index in [1.165, 1.54) is 31.5 Å². The molecule has 2 aromatic carbocycles. The minimum atomic E-state index is -0.244. The highest BCUT2D eigenvalue weighted by atomic mass is 16.3. The van der Waals surface area contributed by atoms with Gasteiger partial charge in [-0.2, -0.15) is 0 Å². The third-order valence-corrected chi connectivity index (χ3v) is 7.18. The minimum Gasteiger partial charge on any atom is -0.451 e. The summed E-state index contributed by atoms with van der Waals surface area (Å²) in [5.74, 6) is 0.236. The number of amides is 2. The van der Waals surface area contributed by atoms with Crippen molar-refractivity contribution in [1.29, 1.82) is 0 Å². The molecule has 1 aromatic heterocycles. The zero-order chi connectivity index (χ0) is 23.7. The number of likely N-dealkylation sites (tertiary alicyclic amines) is 1. The summed E-state index contributed by atoms with van der Waals surface area (Å²) >= 11 is 0. The van der Waals surface area contributed by atoms with Crippen LogP contribution < -0.4 is 10.2 Å². The van der Waals surface area contributed by atoms with Crippen molar-refractivity contribution in [2.75, 3.05) is 37.6 Å². The van der Waals surface area contributed by atoms with Crippen LogP contribution in [-0.2, 0) is 10.2 Å². The number of nitrogens with one attached hydrogen (secondary N) is 1. The van der Waals surface area contributed by atoms with Crippen LogP contribution in [0.1, 0.15) is 49.2 Å². The number of nitrogens with zero attached hydrogens (tertiary/aromatic N) is 2. The molecule has 0 saturated carbocycles. The fraction of sp³-hybridized carbons (Fsp3) is 0.429. The number of benzene rings is 2. The number of rotatable bonds is 7. The lowest BCUT2D eigenvalue weighted by Gasteiger charge is -2.31. The van der Waals surface area contributed by atoms with Gasteiger partial charge in [0.15, 0.2) is 5.76 Å². The molecule has 0 aliphatic carbocycles. The van der Waals surface area contributed by atoms with Crippen LogP contribution in [-0.4, -0.2) is 49.4 Å². The van der Waals surface area contributed by atoms with Crippen LogP contribution >= 0.6 is 0 Å². The number of anilines is 1. The summed E-state index contributed by atoms with van der Waals surface area (Å²) in [6.45, 7) is 9.08. The zero-order valence-electron chi connectivity index (χ0n) is 20.0. The van der Waals surface area contributed by atoms with Crippen LogP contribution in [0, 0.1) is 5.92 Å². The maximum absolute atomic E-state index is 12.7. The summed E-state index contributed by atoms with van der Waals surface area (Å²) in [5, 5.41) is 3.85. The molecule has 2 aliphatic heterocycles. The van der Waals surface area contributed by atoms with Crippen LogP contribution in [0.3, 0.4) is 0 Å². The van der Waals surface area contributed by atoms with Crippen LogP contribution in [0.25, 0.3) is 11.0 Å². The Morgan fingerprint density at radius 1 is 1.09 bits per heavy atom. The van der Waals surface area contributed by atoms with E-state index in [-0.39, 0.29) is 23.1 Å². The predicted octanol–water partition coefficient (Wildman–Crippen LogP) is 4.59. The van der Waals surface area contributed by atoms with E-state index in [0.717, 1.165) is 17.6 Å². The topological polar surface area (TPSA) is 65.8 Å². The van der Waals surface area contributed by atoms with Crippen molar-refractivity contribution in [2.24, 2.45) is 5.92 Å². The number of carbonyl (C=O) groups is 2. The lowest BCUT2D eigenvalue weighted by molar-refractivity contribution is -0.117. The number of hydrogen-bond donors (Lipinski definition) is 1. The Morgan fingerprint density at radius 3 is 2.56 bits per heavy atom. The Balaban J connectivity index is 1.18. The second-order valence-electron chi connectivity index (χ2n) is 10.3. The summed E-state index contributed by atoms with van der Waals surface area (Å²) in [6, 6.07) is 17.8. The van der Waals surface area contributed by atoms with Gasteiger partial charge in [-0.05, 0) is 55.8 Å². The van der Waals surface area contributed by atoms with Crippen molar-refractivity contribution in [2.45, 2.75) is 38.5 Å². The van der Waals surface area contributed by atoms with Crippen molar-refractivity contribution >= 4 is 28.5 Å². The Hall–Kier alpha value is -3.12. The van der Waals surface area contributed by atoms with Gasteiger partial charge in [-0.15, -0.1) is 0 Å². The largest absolute Gasteiger partial charge is 0.451 e. The van der Waals surface area contributed by atoms with Gasteiger partial charge in [0.2, 0.25) is 5.91 Å². The van der Waals surface area contributed by atoms with E-state index in [1.807, 2.05) is 29.2 Å². The SMILES string of the molecule is CC(C)(CN1CCCC1)c1ccc(N2CC(CNC(=O)c3cc4ccccc4o3)CC2=O)cc1. The van der Waals surface area contributed by atoms with E-state index >= 15 is 0 Å². The fourth-order valence-corrected chi connectivity index (χ4v) is 5.27. The second kappa shape index (κ2) is 9.26. The molecule has 2 saturated heterocycles.